The number of rotatable bonds is 3. The molecule has 0 saturated carbocycles. The molecule has 1 aliphatic heterocycles. The lowest BCUT2D eigenvalue weighted by Gasteiger charge is -2.26. The number of carbonyl (C=O) groups excluding carboxylic acids is 1. The van der Waals surface area contributed by atoms with E-state index in [9.17, 15) is 15.0 Å². The normalized spacial score (nSPS) is 22.4. The van der Waals surface area contributed by atoms with E-state index in [1.807, 2.05) is 27.7 Å². The van der Waals surface area contributed by atoms with Gasteiger partial charge in [0.2, 0.25) is 0 Å². The first kappa shape index (κ1) is 15.2. The summed E-state index contributed by atoms with van der Waals surface area (Å²) in [5.74, 6) is -0.0278. The van der Waals surface area contributed by atoms with Crippen LogP contribution in [0.2, 0.25) is 0 Å². The molecule has 0 bridgehead atoms. The molecule has 106 valence electrons. The van der Waals surface area contributed by atoms with Crippen LogP contribution >= 0.6 is 0 Å². The summed E-state index contributed by atoms with van der Waals surface area (Å²) in [7, 11) is 0. The number of carbonyl (C=O) groups is 1. The maximum absolute atomic E-state index is 11.9. The van der Waals surface area contributed by atoms with Crippen LogP contribution in [0.15, 0.2) is 0 Å². The molecule has 18 heavy (non-hydrogen) atoms. The van der Waals surface area contributed by atoms with Crippen LogP contribution in [-0.4, -0.2) is 46.2 Å². The Bertz CT molecular complexity index is 285. The molecule has 1 heterocycles. The molecule has 2 N–H and O–H groups in total. The first-order valence-corrected chi connectivity index (χ1v) is 6.58. The lowest BCUT2D eigenvalue weighted by molar-refractivity contribution is -0.100. The second kappa shape index (κ2) is 5.89. The highest BCUT2D eigenvalue weighted by Gasteiger charge is 2.35. The molecule has 2 unspecified atom stereocenters. The lowest BCUT2D eigenvalue weighted by Crippen LogP contribution is -2.36. The summed E-state index contributed by atoms with van der Waals surface area (Å²) in [5, 5.41) is 18.6. The maximum atomic E-state index is 11.9. The molecule has 0 aliphatic carbocycles. The summed E-state index contributed by atoms with van der Waals surface area (Å²) >= 11 is 0. The van der Waals surface area contributed by atoms with Gasteiger partial charge in [-0.05, 0) is 39.5 Å². The third-order valence-electron chi connectivity index (χ3n) is 3.34. The van der Waals surface area contributed by atoms with E-state index in [0.29, 0.717) is 19.5 Å². The largest absolute Gasteiger partial charge is 0.444 e. The second-order valence-corrected chi connectivity index (χ2v) is 5.96. The second-order valence-electron chi connectivity index (χ2n) is 5.96. The molecular formula is C13H25NO4. The molecule has 2 atom stereocenters. The summed E-state index contributed by atoms with van der Waals surface area (Å²) in [5.41, 5.74) is -0.490. The third-order valence-corrected chi connectivity index (χ3v) is 3.34. The molecule has 0 aromatic rings. The Kier molecular flexibility index (Phi) is 4.99. The smallest absolute Gasteiger partial charge is 0.410 e. The van der Waals surface area contributed by atoms with Crippen molar-refractivity contribution < 1.29 is 19.7 Å². The Balaban J connectivity index is 2.53. The fourth-order valence-electron chi connectivity index (χ4n) is 2.42. The molecule has 5 nitrogen and oxygen atoms in total. The van der Waals surface area contributed by atoms with Gasteiger partial charge in [-0.1, -0.05) is 6.92 Å². The van der Waals surface area contributed by atoms with Crippen molar-refractivity contribution in [2.45, 2.75) is 52.4 Å². The number of hydrogen-bond acceptors (Lipinski definition) is 4. The predicted molar refractivity (Wildman–Crippen MR) is 67.9 cm³/mol. The third kappa shape index (κ3) is 4.14. The molecule has 0 aromatic carbocycles. The Morgan fingerprint density at radius 1 is 1.44 bits per heavy atom. The van der Waals surface area contributed by atoms with Crippen LogP contribution in [0.1, 0.15) is 40.5 Å². The maximum Gasteiger partial charge on any atom is 0.410 e. The van der Waals surface area contributed by atoms with E-state index in [0.717, 1.165) is 6.42 Å². The minimum Gasteiger partial charge on any atom is -0.444 e. The van der Waals surface area contributed by atoms with E-state index in [-0.39, 0.29) is 17.9 Å². The molecule has 1 fully saturated rings. The highest BCUT2D eigenvalue weighted by Crippen LogP contribution is 2.29. The fourth-order valence-corrected chi connectivity index (χ4v) is 2.42. The van der Waals surface area contributed by atoms with E-state index >= 15 is 0 Å². The molecule has 1 saturated heterocycles. The van der Waals surface area contributed by atoms with E-state index in [1.54, 1.807) is 4.90 Å². The first-order valence-electron chi connectivity index (χ1n) is 6.58. The molecule has 1 aliphatic rings. The zero-order chi connectivity index (χ0) is 13.9. The Hall–Kier alpha value is -0.810. The monoisotopic (exact) mass is 259 g/mol. The predicted octanol–water partition coefficient (Wildman–Crippen LogP) is 1.58. The van der Waals surface area contributed by atoms with Crippen LogP contribution in [0.4, 0.5) is 4.79 Å². The van der Waals surface area contributed by atoms with Gasteiger partial charge < -0.3 is 19.8 Å². The van der Waals surface area contributed by atoms with Crippen molar-refractivity contribution in [3.8, 4) is 0 Å². The van der Waals surface area contributed by atoms with Crippen molar-refractivity contribution in [1.29, 1.82) is 0 Å². The Morgan fingerprint density at radius 2 is 2.06 bits per heavy atom. The average Bonchev–Trinajstić information content (AvgIpc) is 2.64. The minimum atomic E-state index is -1.31. The van der Waals surface area contributed by atoms with Gasteiger partial charge in [-0.3, -0.25) is 0 Å². The molecule has 1 amide bonds. The van der Waals surface area contributed by atoms with Crippen LogP contribution in [0, 0.1) is 11.8 Å². The summed E-state index contributed by atoms with van der Waals surface area (Å²) in [6, 6.07) is 0. The van der Waals surface area contributed by atoms with Gasteiger partial charge in [0.15, 0.2) is 6.29 Å². The molecular weight excluding hydrogens is 234 g/mol. The van der Waals surface area contributed by atoms with Crippen molar-refractivity contribution >= 4 is 6.09 Å². The lowest BCUT2D eigenvalue weighted by atomic mass is 9.89. The van der Waals surface area contributed by atoms with Crippen LogP contribution < -0.4 is 0 Å². The number of amides is 1. The van der Waals surface area contributed by atoms with Crippen molar-refractivity contribution in [1.82, 2.24) is 4.90 Å². The quantitative estimate of drug-likeness (QED) is 0.755. The van der Waals surface area contributed by atoms with Gasteiger partial charge in [0.25, 0.3) is 0 Å². The number of likely N-dealkylation sites (tertiary alicyclic amines) is 1. The fraction of sp³-hybridized carbons (Fsp3) is 0.923. The van der Waals surface area contributed by atoms with Crippen molar-refractivity contribution in [3.63, 3.8) is 0 Å². The zero-order valence-corrected chi connectivity index (χ0v) is 11.7. The highest BCUT2D eigenvalue weighted by atomic mass is 16.6. The van der Waals surface area contributed by atoms with Crippen LogP contribution in [-0.2, 0) is 4.74 Å². The van der Waals surface area contributed by atoms with Crippen molar-refractivity contribution in [2.75, 3.05) is 13.1 Å². The number of aliphatic hydroxyl groups excluding tert-OH is 1. The molecule has 0 aromatic heterocycles. The molecule has 0 spiro atoms. The zero-order valence-electron chi connectivity index (χ0n) is 11.7. The van der Waals surface area contributed by atoms with Gasteiger partial charge in [-0.25, -0.2) is 4.79 Å². The number of aliphatic hydroxyl groups is 2. The number of nitrogens with zero attached hydrogens (tertiary/aromatic N) is 1. The number of ether oxygens (including phenoxy) is 1. The number of hydrogen-bond donors (Lipinski definition) is 2. The van der Waals surface area contributed by atoms with Gasteiger partial charge in [0, 0.05) is 19.0 Å². The van der Waals surface area contributed by atoms with Gasteiger partial charge in [-0.15, -0.1) is 0 Å². The van der Waals surface area contributed by atoms with Gasteiger partial charge in [0.05, 0.1) is 0 Å². The van der Waals surface area contributed by atoms with Gasteiger partial charge in [0.1, 0.15) is 5.60 Å². The van der Waals surface area contributed by atoms with Crippen molar-refractivity contribution in [3.05, 3.63) is 0 Å². The molecule has 1 rings (SSSR count). The minimum absolute atomic E-state index is 0.141. The Morgan fingerprint density at radius 3 is 2.50 bits per heavy atom. The Labute approximate surface area is 109 Å². The van der Waals surface area contributed by atoms with E-state index < -0.39 is 11.9 Å². The van der Waals surface area contributed by atoms with Crippen LogP contribution in [0.3, 0.4) is 0 Å². The summed E-state index contributed by atoms with van der Waals surface area (Å²) < 4.78 is 5.31. The van der Waals surface area contributed by atoms with Gasteiger partial charge >= 0.3 is 6.09 Å². The summed E-state index contributed by atoms with van der Waals surface area (Å²) in [6.07, 6.45) is -0.120. The first-order chi connectivity index (χ1) is 8.24. The van der Waals surface area contributed by atoms with Gasteiger partial charge in [-0.2, -0.15) is 0 Å². The van der Waals surface area contributed by atoms with E-state index in [4.69, 9.17) is 4.74 Å². The standard InChI is InChI=1S/C13H25NO4/c1-5-10(11(15)16)9-6-7-14(8-9)12(17)18-13(2,3)4/h9-11,15-16H,5-8H2,1-4H3. The van der Waals surface area contributed by atoms with Crippen LogP contribution in [0.25, 0.3) is 0 Å². The summed E-state index contributed by atoms with van der Waals surface area (Å²) in [4.78, 5) is 13.5. The van der Waals surface area contributed by atoms with E-state index in [2.05, 4.69) is 0 Å². The SMILES string of the molecule is CCC(C(O)O)C1CCN(C(=O)OC(C)(C)C)C1. The summed E-state index contributed by atoms with van der Waals surface area (Å²) in [6.45, 7) is 8.62. The average molecular weight is 259 g/mol. The van der Waals surface area contributed by atoms with E-state index in [1.165, 1.54) is 0 Å². The van der Waals surface area contributed by atoms with Crippen molar-refractivity contribution in [2.24, 2.45) is 11.8 Å². The molecule has 0 radical (unpaired) electrons. The highest BCUT2D eigenvalue weighted by molar-refractivity contribution is 5.68. The molecule has 5 heteroatoms. The topological polar surface area (TPSA) is 70.0 Å². The van der Waals surface area contributed by atoms with Crippen LogP contribution in [0.5, 0.6) is 0 Å².